The summed E-state index contributed by atoms with van der Waals surface area (Å²) in [6.45, 7) is 3.31. The second kappa shape index (κ2) is 11.8. The molecule has 4 aromatic rings. The third-order valence-corrected chi connectivity index (χ3v) is 6.29. The van der Waals surface area contributed by atoms with E-state index in [1.807, 2.05) is 78.6 Å². The number of aliphatic carboxylic acids is 1. The Hall–Kier alpha value is -2.97. The number of pyridine rings is 1. The van der Waals surface area contributed by atoms with Crippen molar-refractivity contribution in [2.45, 2.75) is 38.9 Å². The molecule has 0 N–H and O–H groups in total. The van der Waals surface area contributed by atoms with Gasteiger partial charge >= 0.3 is 29.6 Å². The van der Waals surface area contributed by atoms with E-state index in [2.05, 4.69) is 9.97 Å². The molecule has 0 saturated carbocycles. The quantitative estimate of drug-likeness (QED) is 0.329. The van der Waals surface area contributed by atoms with Crippen LogP contribution in [0, 0.1) is 6.92 Å². The molecule has 178 valence electrons. The van der Waals surface area contributed by atoms with Crippen molar-refractivity contribution in [3.05, 3.63) is 101 Å². The third kappa shape index (κ3) is 6.05. The molecule has 5 rings (SSSR count). The van der Waals surface area contributed by atoms with E-state index in [0.717, 1.165) is 39.6 Å². The minimum absolute atomic E-state index is 0. The number of hydrogen-bond donors (Lipinski definition) is 0. The Balaban J connectivity index is 0.00000304. The van der Waals surface area contributed by atoms with Crippen LogP contribution in [-0.4, -0.2) is 33.5 Å². The summed E-state index contributed by atoms with van der Waals surface area (Å²) in [7, 11) is 0. The molecule has 1 atom stereocenters. The molecular weight excluding hydrogens is 465 g/mol. The van der Waals surface area contributed by atoms with E-state index in [0.29, 0.717) is 38.4 Å². The summed E-state index contributed by atoms with van der Waals surface area (Å²) >= 11 is 0. The summed E-state index contributed by atoms with van der Waals surface area (Å²) in [6.07, 6.45) is 2.73. The Morgan fingerprint density at radius 3 is 2.67 bits per heavy atom. The Kier molecular flexibility index (Phi) is 8.59. The molecule has 0 aliphatic carbocycles. The normalized spacial score (nSPS) is 15.1. The number of fused-ring (bicyclic) bond motifs is 1. The fraction of sp³-hybridized carbons (Fsp3) is 0.250. The van der Waals surface area contributed by atoms with Gasteiger partial charge in [-0.2, -0.15) is 0 Å². The summed E-state index contributed by atoms with van der Waals surface area (Å²) in [6, 6.07) is 20.6. The summed E-state index contributed by atoms with van der Waals surface area (Å²) in [4.78, 5) is 22.7. The van der Waals surface area contributed by atoms with Crippen LogP contribution in [0.2, 0.25) is 0 Å². The van der Waals surface area contributed by atoms with Crippen LogP contribution < -0.4 is 39.4 Å². The molecule has 7 nitrogen and oxygen atoms in total. The van der Waals surface area contributed by atoms with Crippen LogP contribution in [0.3, 0.4) is 0 Å². The van der Waals surface area contributed by atoms with E-state index >= 15 is 0 Å². The predicted octanol–water partition coefficient (Wildman–Crippen LogP) is 0.347. The number of carbonyl (C=O) groups excluding carboxylic acids is 1. The molecule has 1 aliphatic heterocycles. The number of oxazole rings is 1. The topological polar surface area (TPSA) is 91.5 Å². The molecule has 3 heterocycles. The second-order valence-electron chi connectivity index (χ2n) is 8.68. The fourth-order valence-corrected chi connectivity index (χ4v) is 4.43. The summed E-state index contributed by atoms with van der Waals surface area (Å²) < 4.78 is 11.9. The minimum atomic E-state index is -1.07. The van der Waals surface area contributed by atoms with Gasteiger partial charge in [-0.05, 0) is 60.9 Å². The van der Waals surface area contributed by atoms with Crippen molar-refractivity contribution < 1.29 is 48.6 Å². The monoisotopic (exact) mass is 491 g/mol. The van der Waals surface area contributed by atoms with E-state index in [1.54, 1.807) is 6.20 Å². The summed E-state index contributed by atoms with van der Waals surface area (Å²) in [5, 5.41) is 11.8. The van der Waals surface area contributed by atoms with Gasteiger partial charge in [-0.15, -0.1) is 0 Å². The zero-order valence-electron chi connectivity index (χ0n) is 20.5. The second-order valence-corrected chi connectivity index (χ2v) is 8.68. The van der Waals surface area contributed by atoms with Gasteiger partial charge in [0.05, 0.1) is 30.0 Å². The van der Waals surface area contributed by atoms with Gasteiger partial charge in [0.1, 0.15) is 11.5 Å². The van der Waals surface area contributed by atoms with Gasteiger partial charge in [-0.1, -0.05) is 30.3 Å². The Labute approximate surface area is 232 Å². The first kappa shape index (κ1) is 26.1. The zero-order chi connectivity index (χ0) is 24.2. The first-order chi connectivity index (χ1) is 17.1. The van der Waals surface area contributed by atoms with Crippen LogP contribution in [0.15, 0.2) is 77.3 Å². The number of rotatable bonds is 8. The van der Waals surface area contributed by atoms with Crippen molar-refractivity contribution in [2.24, 2.45) is 0 Å². The largest absolute Gasteiger partial charge is 1.00 e. The van der Waals surface area contributed by atoms with Gasteiger partial charge < -0.3 is 19.1 Å². The van der Waals surface area contributed by atoms with Crippen LogP contribution in [0.1, 0.15) is 28.3 Å². The molecule has 0 spiro atoms. The van der Waals surface area contributed by atoms with Crippen LogP contribution in [0.4, 0.5) is 0 Å². The van der Waals surface area contributed by atoms with Crippen molar-refractivity contribution >= 4 is 5.97 Å². The number of carboxylic acids is 1. The maximum absolute atomic E-state index is 11.8. The average molecular weight is 492 g/mol. The van der Waals surface area contributed by atoms with Crippen LogP contribution in [0.25, 0.3) is 11.5 Å². The molecule has 2 aromatic heterocycles. The number of benzene rings is 2. The fourth-order valence-electron chi connectivity index (χ4n) is 4.43. The Bertz CT molecular complexity index is 1310. The smallest absolute Gasteiger partial charge is 0.548 e. The first-order valence-corrected chi connectivity index (χ1v) is 11.7. The number of aryl methyl sites for hydroxylation is 1. The Morgan fingerprint density at radius 1 is 1.11 bits per heavy atom. The maximum atomic E-state index is 11.8. The molecule has 36 heavy (non-hydrogen) atoms. The van der Waals surface area contributed by atoms with Crippen molar-refractivity contribution in [1.82, 2.24) is 14.9 Å². The molecule has 0 bridgehead atoms. The van der Waals surface area contributed by atoms with E-state index in [4.69, 9.17) is 9.15 Å². The third-order valence-electron chi connectivity index (χ3n) is 6.29. The number of aromatic nitrogens is 2. The van der Waals surface area contributed by atoms with Gasteiger partial charge in [0, 0.05) is 31.3 Å². The molecule has 2 aromatic carbocycles. The molecule has 0 radical (unpaired) electrons. The van der Waals surface area contributed by atoms with Gasteiger partial charge in [0.2, 0.25) is 5.89 Å². The molecule has 0 saturated heterocycles. The van der Waals surface area contributed by atoms with E-state index in [1.165, 1.54) is 0 Å². The molecule has 8 heteroatoms. The average Bonchev–Trinajstić information content (AvgIpc) is 3.25. The number of carboxylic acid groups (broad SMARTS) is 1. The summed E-state index contributed by atoms with van der Waals surface area (Å²) in [5.74, 6) is 1.08. The standard InChI is InChI=1S/C28H27N3O4.Na/c1-19-25(30-27(35-19)20-7-3-2-4-8-20)12-14-34-24-11-10-21-16-26(28(32)33)31(17-22(21)15-24)18-23-9-5-6-13-29-23;/h2-11,13,15,26H,12,14,16-18H2,1H3,(H,32,33);/q;+1/p-1/t26-;/m0./s1. The molecule has 0 fully saturated rings. The van der Waals surface area contributed by atoms with Crippen molar-refractivity contribution in [1.29, 1.82) is 0 Å². The van der Waals surface area contributed by atoms with Crippen LogP contribution in [-0.2, 0) is 30.7 Å². The van der Waals surface area contributed by atoms with E-state index < -0.39 is 12.0 Å². The van der Waals surface area contributed by atoms with Gasteiger partial charge in [0.25, 0.3) is 0 Å². The minimum Gasteiger partial charge on any atom is -0.548 e. The van der Waals surface area contributed by atoms with Crippen LogP contribution >= 0.6 is 0 Å². The number of nitrogens with zero attached hydrogens (tertiary/aromatic N) is 3. The predicted molar refractivity (Wildman–Crippen MR) is 128 cm³/mol. The van der Waals surface area contributed by atoms with Crippen molar-refractivity contribution in [3.8, 4) is 17.2 Å². The van der Waals surface area contributed by atoms with Gasteiger partial charge in [0.15, 0.2) is 0 Å². The van der Waals surface area contributed by atoms with E-state index in [-0.39, 0.29) is 29.6 Å². The number of ether oxygens (including phenoxy) is 1. The zero-order valence-corrected chi connectivity index (χ0v) is 22.5. The number of carbonyl (C=O) groups is 1. The maximum Gasteiger partial charge on any atom is 1.00 e. The molecule has 0 amide bonds. The number of hydrogen-bond acceptors (Lipinski definition) is 7. The van der Waals surface area contributed by atoms with E-state index in [9.17, 15) is 9.90 Å². The molecule has 1 aliphatic rings. The molecule has 0 unspecified atom stereocenters. The van der Waals surface area contributed by atoms with Crippen molar-refractivity contribution in [3.63, 3.8) is 0 Å². The van der Waals surface area contributed by atoms with Crippen molar-refractivity contribution in [2.75, 3.05) is 6.61 Å². The van der Waals surface area contributed by atoms with Gasteiger partial charge in [-0.3, -0.25) is 9.88 Å². The summed E-state index contributed by atoms with van der Waals surface area (Å²) in [5.41, 5.74) is 4.71. The SMILES string of the molecule is Cc1oc(-c2ccccc2)nc1CCOc1ccc2c(c1)CN(Cc1ccccn1)[C@H](C(=O)[O-])C2.[Na+]. The van der Waals surface area contributed by atoms with Gasteiger partial charge in [-0.25, -0.2) is 4.98 Å². The Morgan fingerprint density at radius 2 is 1.92 bits per heavy atom. The first-order valence-electron chi connectivity index (χ1n) is 11.7. The molecular formula is C28H26N3NaO4. The van der Waals surface area contributed by atoms with Crippen LogP contribution in [0.5, 0.6) is 5.75 Å².